The Labute approximate surface area is 92.0 Å². The molecule has 0 saturated carbocycles. The molecule has 0 bridgehead atoms. The van der Waals surface area contributed by atoms with Crippen molar-refractivity contribution in [2.45, 2.75) is 6.36 Å². The van der Waals surface area contributed by atoms with Gasteiger partial charge in [-0.15, -0.1) is 13.2 Å². The monoisotopic (exact) mass is 256 g/mol. The van der Waals surface area contributed by atoms with Crippen molar-refractivity contribution < 1.29 is 17.9 Å². The van der Waals surface area contributed by atoms with Crippen LogP contribution in [-0.4, -0.2) is 11.3 Å². The van der Waals surface area contributed by atoms with Gasteiger partial charge in [0.2, 0.25) is 0 Å². The molecular formula is C7HCl2F3N2O. The van der Waals surface area contributed by atoms with Crippen LogP contribution in [0.15, 0.2) is 6.07 Å². The van der Waals surface area contributed by atoms with E-state index in [9.17, 15) is 13.2 Å². The van der Waals surface area contributed by atoms with Gasteiger partial charge in [-0.25, -0.2) is 4.98 Å². The molecule has 0 amide bonds. The van der Waals surface area contributed by atoms with E-state index in [-0.39, 0.29) is 5.15 Å². The van der Waals surface area contributed by atoms with Gasteiger partial charge in [0.15, 0.2) is 10.9 Å². The third kappa shape index (κ3) is 3.15. The zero-order chi connectivity index (χ0) is 11.6. The Morgan fingerprint density at radius 3 is 2.47 bits per heavy atom. The third-order valence-corrected chi connectivity index (χ3v) is 1.71. The molecule has 0 unspecified atom stereocenters. The first-order valence-electron chi connectivity index (χ1n) is 3.35. The van der Waals surface area contributed by atoms with Gasteiger partial charge in [0.1, 0.15) is 16.8 Å². The molecule has 0 radical (unpaired) electrons. The van der Waals surface area contributed by atoms with Gasteiger partial charge in [-0.2, -0.15) is 5.26 Å². The van der Waals surface area contributed by atoms with Crippen LogP contribution in [0.1, 0.15) is 5.56 Å². The van der Waals surface area contributed by atoms with Crippen molar-refractivity contribution in [3.05, 3.63) is 21.9 Å². The number of rotatable bonds is 1. The van der Waals surface area contributed by atoms with Crippen molar-refractivity contribution in [1.29, 1.82) is 5.26 Å². The lowest BCUT2D eigenvalue weighted by molar-refractivity contribution is -0.274. The zero-order valence-electron chi connectivity index (χ0n) is 6.77. The molecule has 15 heavy (non-hydrogen) atoms. The predicted molar refractivity (Wildman–Crippen MR) is 45.7 cm³/mol. The van der Waals surface area contributed by atoms with Crippen LogP contribution in [-0.2, 0) is 0 Å². The quantitative estimate of drug-likeness (QED) is 0.726. The van der Waals surface area contributed by atoms with Crippen molar-refractivity contribution >= 4 is 23.2 Å². The Morgan fingerprint density at radius 1 is 1.40 bits per heavy atom. The number of alkyl halides is 3. The molecule has 1 aromatic rings. The van der Waals surface area contributed by atoms with Gasteiger partial charge in [0, 0.05) is 6.07 Å². The minimum Gasteiger partial charge on any atom is -0.404 e. The van der Waals surface area contributed by atoms with E-state index in [4.69, 9.17) is 28.5 Å². The predicted octanol–water partition coefficient (Wildman–Crippen LogP) is 3.16. The van der Waals surface area contributed by atoms with E-state index < -0.39 is 22.8 Å². The first-order chi connectivity index (χ1) is 6.83. The Bertz CT molecular complexity index is 427. The molecule has 0 fully saturated rings. The highest BCUT2D eigenvalue weighted by molar-refractivity contribution is 6.33. The number of nitriles is 1. The van der Waals surface area contributed by atoms with Crippen molar-refractivity contribution in [2.75, 3.05) is 0 Å². The summed E-state index contributed by atoms with van der Waals surface area (Å²) in [6.45, 7) is 0. The molecule has 0 spiro atoms. The van der Waals surface area contributed by atoms with Crippen LogP contribution in [0.4, 0.5) is 13.2 Å². The molecule has 0 atom stereocenters. The fourth-order valence-corrected chi connectivity index (χ4v) is 1.22. The fourth-order valence-electron chi connectivity index (χ4n) is 0.770. The number of pyridine rings is 1. The van der Waals surface area contributed by atoms with E-state index in [1.165, 1.54) is 6.07 Å². The Balaban J connectivity index is 3.23. The summed E-state index contributed by atoms with van der Waals surface area (Å²) in [6.07, 6.45) is -4.92. The van der Waals surface area contributed by atoms with E-state index >= 15 is 0 Å². The minimum atomic E-state index is -4.92. The van der Waals surface area contributed by atoms with Crippen LogP contribution in [0.25, 0.3) is 0 Å². The van der Waals surface area contributed by atoms with E-state index in [1.807, 2.05) is 0 Å². The molecule has 0 N–H and O–H groups in total. The van der Waals surface area contributed by atoms with E-state index in [1.54, 1.807) is 0 Å². The molecule has 0 aliphatic rings. The number of nitrogens with zero attached hydrogens (tertiary/aromatic N) is 2. The lowest BCUT2D eigenvalue weighted by atomic mass is 10.3. The first-order valence-corrected chi connectivity index (χ1v) is 4.11. The summed E-state index contributed by atoms with van der Waals surface area (Å²) in [4.78, 5) is 3.40. The Kier molecular flexibility index (Phi) is 3.27. The average Bonchev–Trinajstić information content (AvgIpc) is 1.99. The maximum atomic E-state index is 11.9. The van der Waals surface area contributed by atoms with Crippen LogP contribution in [0, 0.1) is 11.3 Å². The van der Waals surface area contributed by atoms with Crippen LogP contribution >= 0.6 is 23.2 Å². The molecule has 1 heterocycles. The van der Waals surface area contributed by atoms with Gasteiger partial charge in [-0.3, -0.25) is 0 Å². The summed E-state index contributed by atoms with van der Waals surface area (Å²) < 4.78 is 39.2. The van der Waals surface area contributed by atoms with Crippen molar-refractivity contribution in [1.82, 2.24) is 4.98 Å². The number of hydrogen-bond acceptors (Lipinski definition) is 3. The number of ether oxygens (including phenoxy) is 1. The highest BCUT2D eigenvalue weighted by Gasteiger charge is 2.33. The number of hydrogen-bond donors (Lipinski definition) is 0. The average molecular weight is 257 g/mol. The van der Waals surface area contributed by atoms with Gasteiger partial charge >= 0.3 is 6.36 Å². The molecule has 0 aromatic carbocycles. The molecule has 0 aliphatic heterocycles. The van der Waals surface area contributed by atoms with Crippen LogP contribution in [0.5, 0.6) is 5.75 Å². The standard InChI is InChI=1S/C7HCl2F3N2O/c8-5-1-4(15-7(10,11)12)3(2-13)6(9)14-5/h1H. The summed E-state index contributed by atoms with van der Waals surface area (Å²) in [7, 11) is 0. The van der Waals surface area contributed by atoms with Gasteiger partial charge in [0.05, 0.1) is 0 Å². The molecule has 80 valence electrons. The van der Waals surface area contributed by atoms with Crippen LogP contribution < -0.4 is 4.74 Å². The molecule has 1 rings (SSSR count). The lowest BCUT2D eigenvalue weighted by Crippen LogP contribution is -2.18. The van der Waals surface area contributed by atoms with Gasteiger partial charge in [0.25, 0.3) is 0 Å². The molecule has 3 nitrogen and oxygen atoms in total. The highest BCUT2D eigenvalue weighted by atomic mass is 35.5. The van der Waals surface area contributed by atoms with Crippen molar-refractivity contribution in [3.8, 4) is 11.8 Å². The van der Waals surface area contributed by atoms with Crippen molar-refractivity contribution in [2.24, 2.45) is 0 Å². The summed E-state index contributed by atoms with van der Waals surface area (Å²) in [6, 6.07) is 2.20. The fraction of sp³-hybridized carbons (Fsp3) is 0.143. The topological polar surface area (TPSA) is 45.9 Å². The molecular weight excluding hydrogens is 256 g/mol. The Morgan fingerprint density at radius 2 is 2.00 bits per heavy atom. The van der Waals surface area contributed by atoms with Crippen LogP contribution in [0.3, 0.4) is 0 Å². The lowest BCUT2D eigenvalue weighted by Gasteiger charge is -2.10. The largest absolute Gasteiger partial charge is 0.573 e. The van der Waals surface area contributed by atoms with E-state index in [0.717, 1.165) is 6.07 Å². The SMILES string of the molecule is N#Cc1c(OC(F)(F)F)cc(Cl)nc1Cl. The normalized spacial score (nSPS) is 10.9. The smallest absolute Gasteiger partial charge is 0.404 e. The number of aromatic nitrogens is 1. The number of halogens is 5. The maximum Gasteiger partial charge on any atom is 0.573 e. The molecule has 0 aliphatic carbocycles. The summed E-state index contributed by atoms with van der Waals surface area (Å²) in [5.74, 6) is -0.769. The summed E-state index contributed by atoms with van der Waals surface area (Å²) in [5, 5.41) is 7.79. The third-order valence-electron chi connectivity index (χ3n) is 1.25. The maximum absolute atomic E-state index is 11.9. The van der Waals surface area contributed by atoms with Crippen molar-refractivity contribution in [3.63, 3.8) is 0 Å². The Hall–Kier alpha value is -1.19. The van der Waals surface area contributed by atoms with Gasteiger partial charge < -0.3 is 4.74 Å². The molecule has 0 saturated heterocycles. The molecule has 1 aromatic heterocycles. The van der Waals surface area contributed by atoms with Crippen LogP contribution in [0.2, 0.25) is 10.3 Å². The highest BCUT2D eigenvalue weighted by Crippen LogP contribution is 2.31. The first kappa shape index (κ1) is 11.9. The van der Waals surface area contributed by atoms with E-state index in [0.29, 0.717) is 0 Å². The zero-order valence-corrected chi connectivity index (χ0v) is 8.28. The van der Waals surface area contributed by atoms with E-state index in [2.05, 4.69) is 9.72 Å². The summed E-state index contributed by atoms with van der Waals surface area (Å²) in [5.41, 5.74) is -0.515. The summed E-state index contributed by atoms with van der Waals surface area (Å²) >= 11 is 10.8. The minimum absolute atomic E-state index is 0.293. The second-order valence-electron chi connectivity index (χ2n) is 2.27. The second kappa shape index (κ2) is 4.13. The van der Waals surface area contributed by atoms with Gasteiger partial charge in [-0.1, -0.05) is 23.2 Å². The molecule has 8 heteroatoms. The second-order valence-corrected chi connectivity index (χ2v) is 3.01. The van der Waals surface area contributed by atoms with Gasteiger partial charge in [-0.05, 0) is 0 Å².